The molecule has 0 amide bonds. The molecule has 0 fully saturated rings. The summed E-state index contributed by atoms with van der Waals surface area (Å²) >= 11 is 0. The molecule has 0 atom stereocenters. The summed E-state index contributed by atoms with van der Waals surface area (Å²) < 4.78 is 0. The van der Waals surface area contributed by atoms with Crippen molar-refractivity contribution in [2.24, 2.45) is 0 Å². The van der Waals surface area contributed by atoms with Gasteiger partial charge in [-0.1, -0.05) is 24.3 Å². The van der Waals surface area contributed by atoms with E-state index in [0.717, 1.165) is 0 Å². The van der Waals surface area contributed by atoms with Crippen molar-refractivity contribution < 1.29 is 0 Å². The minimum atomic E-state index is -0.0799. The molecule has 0 bridgehead atoms. The lowest BCUT2D eigenvalue weighted by Gasteiger charge is -2.08. The normalized spacial score (nSPS) is 11.7. The Hall–Kier alpha value is -1.02. The maximum absolute atomic E-state index is 4.44. The highest BCUT2D eigenvalue weighted by molar-refractivity contribution is 8.15. The van der Waals surface area contributed by atoms with Crippen LogP contribution < -0.4 is 0 Å². The van der Waals surface area contributed by atoms with Crippen LogP contribution in [0.3, 0.4) is 0 Å². The van der Waals surface area contributed by atoms with Gasteiger partial charge in [-0.15, -0.1) is 0 Å². The maximum atomic E-state index is 4.44. The third kappa shape index (κ3) is 1.68. The van der Waals surface area contributed by atoms with E-state index in [1.807, 2.05) is 12.3 Å². The van der Waals surface area contributed by atoms with E-state index in [0.29, 0.717) is 0 Å². The number of hydrogen-bond acceptors (Lipinski definition) is 1. The predicted octanol–water partition coefficient (Wildman–Crippen LogP) is 2.85. The summed E-state index contributed by atoms with van der Waals surface area (Å²) in [6, 6.07) is 10.5. The van der Waals surface area contributed by atoms with Crippen molar-refractivity contribution in [1.82, 2.24) is 4.98 Å². The number of benzene rings is 1. The molecule has 0 radical (unpaired) electrons. The van der Waals surface area contributed by atoms with Crippen molar-refractivity contribution in [2.75, 3.05) is 12.5 Å². The van der Waals surface area contributed by atoms with E-state index in [-0.39, 0.29) is 10.9 Å². The van der Waals surface area contributed by atoms with Crippen LogP contribution in [0.4, 0.5) is 0 Å². The summed E-state index contributed by atoms with van der Waals surface area (Å²) in [5, 5.41) is 3.75. The van der Waals surface area contributed by atoms with Gasteiger partial charge in [0.05, 0.1) is 5.03 Å². The van der Waals surface area contributed by atoms with Gasteiger partial charge in [-0.2, -0.15) is 0 Å². The lowest BCUT2D eigenvalue weighted by molar-refractivity contribution is 1.16. The third-order valence-electron chi connectivity index (χ3n) is 2.07. The minimum absolute atomic E-state index is 0.0799. The van der Waals surface area contributed by atoms with Crippen molar-refractivity contribution >= 4 is 21.7 Å². The maximum Gasteiger partial charge on any atom is 0.0766 e. The molecule has 2 aromatic rings. The first-order valence-electron chi connectivity index (χ1n) is 4.29. The van der Waals surface area contributed by atoms with Crippen LogP contribution in [-0.2, 0) is 0 Å². The summed E-state index contributed by atoms with van der Waals surface area (Å²) in [5.74, 6) is 0. The van der Waals surface area contributed by atoms with Crippen LogP contribution in [0.2, 0.25) is 0 Å². The SMILES string of the molecule is C[SH](C)c1cc2ccccc2cn1. The van der Waals surface area contributed by atoms with Gasteiger partial charge in [0.25, 0.3) is 0 Å². The average Bonchev–Trinajstić information content (AvgIpc) is 2.17. The molecule has 13 heavy (non-hydrogen) atoms. The Morgan fingerprint density at radius 2 is 1.77 bits per heavy atom. The number of nitrogens with zero attached hydrogens (tertiary/aromatic N) is 1. The Balaban J connectivity index is 2.62. The van der Waals surface area contributed by atoms with E-state index < -0.39 is 0 Å². The summed E-state index contributed by atoms with van der Waals surface area (Å²) in [6.07, 6.45) is 6.42. The van der Waals surface area contributed by atoms with Crippen LogP contribution in [-0.4, -0.2) is 17.5 Å². The molecule has 0 unspecified atom stereocenters. The second kappa shape index (κ2) is 3.38. The lowest BCUT2D eigenvalue weighted by Crippen LogP contribution is -1.84. The molecule has 68 valence electrons. The average molecular weight is 191 g/mol. The highest BCUT2D eigenvalue weighted by atomic mass is 32.2. The Bertz CT molecular complexity index is 423. The van der Waals surface area contributed by atoms with Gasteiger partial charge in [0, 0.05) is 11.6 Å². The number of rotatable bonds is 1. The quantitative estimate of drug-likeness (QED) is 0.684. The summed E-state index contributed by atoms with van der Waals surface area (Å²) in [4.78, 5) is 4.44. The first-order chi connectivity index (χ1) is 6.27. The molecule has 0 aliphatic heterocycles. The smallest absolute Gasteiger partial charge is 0.0766 e. The fraction of sp³-hybridized carbons (Fsp3) is 0.182. The molecule has 2 rings (SSSR count). The van der Waals surface area contributed by atoms with Crippen LogP contribution in [0.15, 0.2) is 41.6 Å². The summed E-state index contributed by atoms with van der Waals surface area (Å²) in [7, 11) is -0.0799. The Kier molecular flexibility index (Phi) is 2.23. The van der Waals surface area contributed by atoms with Gasteiger partial charge >= 0.3 is 0 Å². The highest BCUT2D eigenvalue weighted by Gasteiger charge is 1.98. The van der Waals surface area contributed by atoms with Crippen molar-refractivity contribution in [3.8, 4) is 0 Å². The summed E-state index contributed by atoms with van der Waals surface area (Å²) in [5.41, 5.74) is 0. The van der Waals surface area contributed by atoms with Crippen LogP contribution in [0.1, 0.15) is 0 Å². The van der Waals surface area contributed by atoms with Gasteiger partial charge in [0.15, 0.2) is 0 Å². The molecular weight excluding hydrogens is 178 g/mol. The van der Waals surface area contributed by atoms with Gasteiger partial charge in [-0.3, -0.25) is 4.98 Å². The van der Waals surface area contributed by atoms with Crippen LogP contribution in [0.5, 0.6) is 0 Å². The van der Waals surface area contributed by atoms with E-state index >= 15 is 0 Å². The molecular formula is C11H13NS. The van der Waals surface area contributed by atoms with Crippen LogP contribution in [0.25, 0.3) is 10.8 Å². The molecule has 0 saturated carbocycles. The lowest BCUT2D eigenvalue weighted by atomic mass is 10.2. The zero-order chi connectivity index (χ0) is 9.26. The van der Waals surface area contributed by atoms with Gasteiger partial charge < -0.3 is 0 Å². The van der Waals surface area contributed by atoms with Crippen molar-refractivity contribution in [3.05, 3.63) is 36.5 Å². The molecule has 0 aliphatic carbocycles. The second-order valence-electron chi connectivity index (χ2n) is 3.28. The molecule has 2 heteroatoms. The Morgan fingerprint density at radius 3 is 2.46 bits per heavy atom. The first-order valence-corrected chi connectivity index (χ1v) is 6.53. The van der Waals surface area contributed by atoms with E-state index in [2.05, 4.69) is 41.8 Å². The highest BCUT2D eigenvalue weighted by Crippen LogP contribution is 2.27. The number of thiol groups is 1. The zero-order valence-corrected chi connectivity index (χ0v) is 8.75. The van der Waals surface area contributed by atoms with Gasteiger partial charge in [0.2, 0.25) is 0 Å². The molecule has 1 nitrogen and oxygen atoms in total. The summed E-state index contributed by atoms with van der Waals surface area (Å²) in [6.45, 7) is 0. The predicted molar refractivity (Wildman–Crippen MR) is 60.8 cm³/mol. The Labute approximate surface area is 81.2 Å². The van der Waals surface area contributed by atoms with E-state index in [1.54, 1.807) is 0 Å². The van der Waals surface area contributed by atoms with Gasteiger partial charge in [-0.25, -0.2) is 10.9 Å². The minimum Gasteiger partial charge on any atom is -0.251 e. The van der Waals surface area contributed by atoms with Gasteiger partial charge in [0.1, 0.15) is 0 Å². The van der Waals surface area contributed by atoms with E-state index in [4.69, 9.17) is 0 Å². The largest absolute Gasteiger partial charge is 0.251 e. The van der Waals surface area contributed by atoms with E-state index in [9.17, 15) is 0 Å². The number of hydrogen-bond donors (Lipinski definition) is 1. The van der Waals surface area contributed by atoms with Crippen LogP contribution in [0, 0.1) is 0 Å². The Morgan fingerprint density at radius 1 is 1.08 bits per heavy atom. The monoisotopic (exact) mass is 191 g/mol. The van der Waals surface area contributed by atoms with Crippen LogP contribution >= 0.6 is 10.9 Å². The molecule has 1 aromatic heterocycles. The first kappa shape index (κ1) is 8.57. The molecule has 0 aliphatic rings. The molecule has 1 aromatic carbocycles. The van der Waals surface area contributed by atoms with Gasteiger partial charge in [-0.05, 0) is 24.0 Å². The fourth-order valence-electron chi connectivity index (χ4n) is 1.32. The molecule has 0 N–H and O–H groups in total. The van der Waals surface area contributed by atoms with E-state index in [1.165, 1.54) is 15.8 Å². The number of aromatic nitrogens is 1. The zero-order valence-electron chi connectivity index (χ0n) is 7.86. The topological polar surface area (TPSA) is 12.9 Å². The second-order valence-corrected chi connectivity index (χ2v) is 5.53. The molecule has 0 spiro atoms. The molecule has 0 saturated heterocycles. The third-order valence-corrected chi connectivity index (χ3v) is 3.24. The van der Waals surface area contributed by atoms with Crippen molar-refractivity contribution in [1.29, 1.82) is 0 Å². The number of pyridine rings is 1. The van der Waals surface area contributed by atoms with Crippen molar-refractivity contribution in [2.45, 2.75) is 5.03 Å². The van der Waals surface area contributed by atoms with Crippen molar-refractivity contribution in [3.63, 3.8) is 0 Å². The molecule has 1 heterocycles. The standard InChI is InChI=1S/C11H13NS/c1-13(2)11-7-9-5-3-4-6-10(9)8-12-11/h3-8,13H,1-2H3. The number of fused-ring (bicyclic) bond motifs is 1. The fourth-order valence-corrected chi connectivity index (χ4v) is 2.00.